The van der Waals surface area contributed by atoms with Gasteiger partial charge in [0.25, 0.3) is 0 Å². The summed E-state index contributed by atoms with van der Waals surface area (Å²) in [7, 11) is 7.16. The summed E-state index contributed by atoms with van der Waals surface area (Å²) in [6.07, 6.45) is 11.5. The first-order valence-electron chi connectivity index (χ1n) is 13.3. The van der Waals surface area contributed by atoms with E-state index < -0.39 is 0 Å². The molecule has 3 rings (SSSR count). The van der Waals surface area contributed by atoms with Gasteiger partial charge in [0.15, 0.2) is 0 Å². The van der Waals surface area contributed by atoms with Gasteiger partial charge in [-0.05, 0) is 69.9 Å². The van der Waals surface area contributed by atoms with Gasteiger partial charge in [0.1, 0.15) is 11.5 Å². The minimum atomic E-state index is -0.0500. The molecule has 1 aromatic carbocycles. The first-order chi connectivity index (χ1) is 18.0. The lowest BCUT2D eigenvalue weighted by Gasteiger charge is -2.25. The largest absolute Gasteiger partial charge is 0.501 e. The standard InChI is InChI=1S/C29H44N4O4/c1-6-32(2)15-9-17-33(29(34)31-24-10-7-12-25(19-24)35-3)16-8-11-23-13-14-27-22(21-30-23)18-26(36-4)20-28(27)37-5/h10,13,18-20,30H,6-9,11-12,14-17,21H2,1-5H3,(H,31,34). The molecule has 8 heteroatoms. The lowest BCUT2D eigenvalue weighted by Crippen LogP contribution is -2.41. The number of carbonyl (C=O) groups is 1. The van der Waals surface area contributed by atoms with Gasteiger partial charge in [-0.25, -0.2) is 4.79 Å². The third kappa shape index (κ3) is 8.45. The summed E-state index contributed by atoms with van der Waals surface area (Å²) in [5, 5.41) is 6.67. The van der Waals surface area contributed by atoms with Crippen molar-refractivity contribution in [3.05, 3.63) is 58.6 Å². The lowest BCUT2D eigenvalue weighted by molar-refractivity contribution is 0.195. The summed E-state index contributed by atoms with van der Waals surface area (Å²) in [4.78, 5) is 17.4. The third-order valence-corrected chi connectivity index (χ3v) is 7.04. The van der Waals surface area contributed by atoms with Crippen molar-refractivity contribution in [3.63, 3.8) is 0 Å². The van der Waals surface area contributed by atoms with Gasteiger partial charge < -0.3 is 34.6 Å². The highest BCUT2D eigenvalue weighted by molar-refractivity contribution is 5.76. The Hall–Kier alpha value is -3.13. The predicted molar refractivity (Wildman–Crippen MR) is 148 cm³/mol. The van der Waals surface area contributed by atoms with Crippen LogP contribution in [-0.2, 0) is 17.7 Å². The van der Waals surface area contributed by atoms with Crippen LogP contribution in [0.1, 0.15) is 50.2 Å². The number of methoxy groups -OCH3 is 3. The first-order valence-corrected chi connectivity index (χ1v) is 13.3. The lowest BCUT2D eigenvalue weighted by atomic mass is 10.0. The number of rotatable bonds is 13. The van der Waals surface area contributed by atoms with E-state index in [9.17, 15) is 4.79 Å². The minimum Gasteiger partial charge on any atom is -0.501 e. The summed E-state index contributed by atoms with van der Waals surface area (Å²) in [6.45, 7) is 6.26. The molecule has 2 amide bonds. The van der Waals surface area contributed by atoms with Crippen molar-refractivity contribution < 1.29 is 19.0 Å². The maximum atomic E-state index is 13.2. The van der Waals surface area contributed by atoms with Gasteiger partial charge in [0.2, 0.25) is 0 Å². The molecule has 0 atom stereocenters. The molecule has 0 fully saturated rings. The van der Waals surface area contributed by atoms with Crippen molar-refractivity contribution in [2.45, 2.75) is 52.0 Å². The fourth-order valence-electron chi connectivity index (χ4n) is 4.65. The van der Waals surface area contributed by atoms with Crippen molar-refractivity contribution in [1.29, 1.82) is 0 Å². The average Bonchev–Trinajstić information content (AvgIpc) is 3.13. The van der Waals surface area contributed by atoms with Crippen LogP contribution in [0.4, 0.5) is 4.79 Å². The van der Waals surface area contributed by atoms with Crippen LogP contribution in [0, 0.1) is 0 Å². The van der Waals surface area contributed by atoms with E-state index in [1.807, 2.05) is 17.0 Å². The molecule has 0 aromatic heterocycles. The summed E-state index contributed by atoms with van der Waals surface area (Å²) in [5.41, 5.74) is 4.40. The summed E-state index contributed by atoms with van der Waals surface area (Å²) in [6, 6.07) is 3.96. The Morgan fingerprint density at radius 3 is 2.59 bits per heavy atom. The van der Waals surface area contributed by atoms with E-state index in [1.165, 1.54) is 16.8 Å². The zero-order valence-corrected chi connectivity index (χ0v) is 23.2. The molecule has 2 aliphatic rings. The Morgan fingerprint density at radius 2 is 1.86 bits per heavy atom. The minimum absolute atomic E-state index is 0.0500. The van der Waals surface area contributed by atoms with E-state index in [0.29, 0.717) is 6.54 Å². The zero-order chi connectivity index (χ0) is 26.6. The third-order valence-electron chi connectivity index (χ3n) is 7.04. The fourth-order valence-corrected chi connectivity index (χ4v) is 4.65. The first kappa shape index (κ1) is 28.4. The molecular formula is C29H44N4O4. The van der Waals surface area contributed by atoms with Crippen LogP contribution in [0.3, 0.4) is 0 Å². The van der Waals surface area contributed by atoms with Gasteiger partial charge in [-0.2, -0.15) is 0 Å². The Morgan fingerprint density at radius 1 is 1.05 bits per heavy atom. The number of allylic oxidation sites excluding steroid dienone is 5. The number of amides is 2. The van der Waals surface area contributed by atoms with Crippen LogP contribution in [0.2, 0.25) is 0 Å². The zero-order valence-electron chi connectivity index (χ0n) is 23.2. The van der Waals surface area contributed by atoms with Crippen molar-refractivity contribution in [2.75, 3.05) is 54.6 Å². The number of ether oxygens (including phenoxy) is 3. The van der Waals surface area contributed by atoms with Gasteiger partial charge >= 0.3 is 6.03 Å². The molecule has 1 aliphatic carbocycles. The highest BCUT2D eigenvalue weighted by Crippen LogP contribution is 2.31. The van der Waals surface area contributed by atoms with Crippen molar-refractivity contribution >= 4 is 6.03 Å². The smallest absolute Gasteiger partial charge is 0.321 e. The molecule has 0 spiro atoms. The van der Waals surface area contributed by atoms with Gasteiger partial charge in [0.05, 0.1) is 27.1 Å². The van der Waals surface area contributed by atoms with E-state index in [-0.39, 0.29) is 6.03 Å². The average molecular weight is 513 g/mol. The molecule has 1 aromatic rings. The number of urea groups is 1. The normalized spacial score (nSPS) is 14.9. The van der Waals surface area contributed by atoms with Crippen LogP contribution in [-0.4, -0.2) is 70.4 Å². The number of nitrogens with one attached hydrogen (secondary N) is 2. The Labute approximate surface area is 222 Å². The van der Waals surface area contributed by atoms with Gasteiger partial charge in [-0.1, -0.05) is 19.1 Å². The summed E-state index contributed by atoms with van der Waals surface area (Å²) in [5.74, 6) is 2.56. The number of hydrogen-bond donors (Lipinski definition) is 2. The Kier molecular flexibility index (Phi) is 11.2. The molecule has 0 saturated carbocycles. The quantitative estimate of drug-likeness (QED) is 0.403. The Balaban J connectivity index is 1.59. The second-order valence-corrected chi connectivity index (χ2v) is 9.54. The highest BCUT2D eigenvalue weighted by atomic mass is 16.5. The molecule has 8 nitrogen and oxygen atoms in total. The SMILES string of the molecule is CCN(C)CCCN(CCCC1=CCc2c(cc(OC)cc2OC)CN1)C(=O)NC1=CCCC(OC)=C1. The van der Waals surface area contributed by atoms with Crippen LogP contribution in [0.5, 0.6) is 11.5 Å². The summed E-state index contributed by atoms with van der Waals surface area (Å²) >= 11 is 0. The number of benzene rings is 1. The molecule has 0 radical (unpaired) electrons. The molecule has 1 aliphatic heterocycles. The van der Waals surface area contributed by atoms with Crippen LogP contribution in [0.25, 0.3) is 0 Å². The fraction of sp³-hybridized carbons (Fsp3) is 0.552. The number of hydrogen-bond acceptors (Lipinski definition) is 6. The van der Waals surface area contributed by atoms with E-state index >= 15 is 0 Å². The van der Waals surface area contributed by atoms with Gasteiger partial charge in [-0.3, -0.25) is 0 Å². The number of carbonyl (C=O) groups excluding carboxylic acids is 1. The van der Waals surface area contributed by atoms with Crippen molar-refractivity contribution in [1.82, 2.24) is 20.4 Å². The number of fused-ring (bicyclic) bond motifs is 1. The van der Waals surface area contributed by atoms with E-state index in [0.717, 1.165) is 87.7 Å². The monoisotopic (exact) mass is 512 g/mol. The van der Waals surface area contributed by atoms with E-state index in [1.54, 1.807) is 21.3 Å². The maximum Gasteiger partial charge on any atom is 0.321 e. The molecule has 2 N–H and O–H groups in total. The molecule has 204 valence electrons. The molecule has 1 heterocycles. The van der Waals surface area contributed by atoms with E-state index in [2.05, 4.69) is 47.7 Å². The number of nitrogens with zero attached hydrogens (tertiary/aromatic N) is 2. The molecule has 0 unspecified atom stereocenters. The topological polar surface area (TPSA) is 75.3 Å². The van der Waals surface area contributed by atoms with Gasteiger partial charge in [-0.15, -0.1) is 0 Å². The van der Waals surface area contributed by atoms with Crippen LogP contribution >= 0.6 is 0 Å². The maximum absolute atomic E-state index is 13.2. The van der Waals surface area contributed by atoms with Gasteiger partial charge in [0, 0.05) is 49.1 Å². The molecule has 37 heavy (non-hydrogen) atoms. The van der Waals surface area contributed by atoms with Crippen LogP contribution in [0.15, 0.2) is 47.5 Å². The van der Waals surface area contributed by atoms with Crippen LogP contribution < -0.4 is 20.1 Å². The van der Waals surface area contributed by atoms with Crippen molar-refractivity contribution in [3.8, 4) is 11.5 Å². The molecule has 0 saturated heterocycles. The summed E-state index contributed by atoms with van der Waals surface area (Å²) < 4.78 is 16.4. The molecule has 0 bridgehead atoms. The predicted octanol–water partition coefficient (Wildman–Crippen LogP) is 4.58. The highest BCUT2D eigenvalue weighted by Gasteiger charge is 2.18. The second kappa shape index (κ2) is 14.6. The van der Waals surface area contributed by atoms with E-state index in [4.69, 9.17) is 14.2 Å². The second-order valence-electron chi connectivity index (χ2n) is 9.54. The molecular weight excluding hydrogens is 468 g/mol. The van der Waals surface area contributed by atoms with Crippen molar-refractivity contribution in [2.24, 2.45) is 0 Å². The Bertz CT molecular complexity index is 1000.